The number of phenolic OH excluding ortho intramolecular Hbond substituents is 1. The van der Waals surface area contributed by atoms with Gasteiger partial charge in [-0.3, -0.25) is 4.79 Å². The van der Waals surface area contributed by atoms with Crippen LogP contribution < -0.4 is 5.32 Å². The molecule has 0 radical (unpaired) electrons. The molecule has 92 valence electrons. The van der Waals surface area contributed by atoms with Gasteiger partial charge in [-0.25, -0.2) is 0 Å². The maximum Gasteiger partial charge on any atom is 0.282 e. The first-order valence-corrected chi connectivity index (χ1v) is 6.64. The lowest BCUT2D eigenvalue weighted by atomic mass is 10.2. The molecule has 1 aliphatic rings. The van der Waals surface area contributed by atoms with E-state index in [1.165, 1.54) is 11.8 Å². The van der Waals surface area contributed by atoms with Gasteiger partial charge < -0.3 is 15.3 Å². The minimum Gasteiger partial charge on any atom is -0.508 e. The SMILES string of the molecule is O=C(SCc1ccc(O)cc1)N1CCNCC1. The van der Waals surface area contributed by atoms with Gasteiger partial charge in [-0.15, -0.1) is 0 Å². The predicted molar refractivity (Wildman–Crippen MR) is 69.2 cm³/mol. The summed E-state index contributed by atoms with van der Waals surface area (Å²) in [5, 5.41) is 12.5. The molecule has 0 bridgehead atoms. The van der Waals surface area contributed by atoms with Crippen molar-refractivity contribution in [3.63, 3.8) is 0 Å². The van der Waals surface area contributed by atoms with Crippen molar-refractivity contribution in [2.24, 2.45) is 0 Å². The summed E-state index contributed by atoms with van der Waals surface area (Å²) in [5.74, 6) is 0.912. The number of nitrogens with one attached hydrogen (secondary N) is 1. The first-order chi connectivity index (χ1) is 8.25. The Morgan fingerprint density at radius 1 is 1.29 bits per heavy atom. The second-order valence-corrected chi connectivity index (χ2v) is 4.88. The van der Waals surface area contributed by atoms with Gasteiger partial charge >= 0.3 is 0 Å². The van der Waals surface area contributed by atoms with E-state index in [0.717, 1.165) is 31.7 Å². The van der Waals surface area contributed by atoms with E-state index in [1.54, 1.807) is 12.1 Å². The molecular weight excluding hydrogens is 236 g/mol. The highest BCUT2D eigenvalue weighted by atomic mass is 32.2. The molecule has 0 aromatic heterocycles. The quantitative estimate of drug-likeness (QED) is 0.840. The zero-order valence-corrected chi connectivity index (χ0v) is 10.4. The van der Waals surface area contributed by atoms with Crippen molar-refractivity contribution < 1.29 is 9.90 Å². The van der Waals surface area contributed by atoms with Crippen molar-refractivity contribution in [3.05, 3.63) is 29.8 Å². The molecule has 1 heterocycles. The average molecular weight is 252 g/mol. The van der Waals surface area contributed by atoms with Crippen molar-refractivity contribution in [1.82, 2.24) is 10.2 Å². The first kappa shape index (κ1) is 12.3. The molecule has 1 aliphatic heterocycles. The number of amides is 1. The minimum atomic E-state index is 0.138. The van der Waals surface area contributed by atoms with Crippen LogP contribution in [0.2, 0.25) is 0 Å². The van der Waals surface area contributed by atoms with Crippen LogP contribution in [0, 0.1) is 0 Å². The molecule has 4 nitrogen and oxygen atoms in total. The van der Waals surface area contributed by atoms with Crippen LogP contribution in [0.1, 0.15) is 5.56 Å². The van der Waals surface area contributed by atoms with Crippen molar-refractivity contribution in [1.29, 1.82) is 0 Å². The Bertz CT molecular complexity index is 375. The number of aromatic hydroxyl groups is 1. The summed E-state index contributed by atoms with van der Waals surface area (Å²) < 4.78 is 0. The molecule has 1 aromatic rings. The highest BCUT2D eigenvalue weighted by Gasteiger charge is 2.16. The second-order valence-electron chi connectivity index (χ2n) is 3.96. The van der Waals surface area contributed by atoms with E-state index in [2.05, 4.69) is 5.32 Å². The third-order valence-corrected chi connectivity index (χ3v) is 3.66. The van der Waals surface area contributed by atoms with Gasteiger partial charge in [-0.2, -0.15) is 0 Å². The summed E-state index contributed by atoms with van der Waals surface area (Å²) in [6.45, 7) is 3.35. The van der Waals surface area contributed by atoms with Crippen LogP contribution in [-0.2, 0) is 5.75 Å². The molecule has 0 saturated carbocycles. The number of nitrogens with zero attached hydrogens (tertiary/aromatic N) is 1. The smallest absolute Gasteiger partial charge is 0.282 e. The number of rotatable bonds is 2. The topological polar surface area (TPSA) is 52.6 Å². The Morgan fingerprint density at radius 3 is 2.59 bits per heavy atom. The van der Waals surface area contributed by atoms with E-state index < -0.39 is 0 Å². The molecule has 1 saturated heterocycles. The zero-order valence-electron chi connectivity index (χ0n) is 9.56. The monoisotopic (exact) mass is 252 g/mol. The van der Waals surface area contributed by atoms with Crippen molar-refractivity contribution in [2.45, 2.75) is 5.75 Å². The van der Waals surface area contributed by atoms with Crippen LogP contribution in [0.5, 0.6) is 5.75 Å². The number of phenols is 1. The van der Waals surface area contributed by atoms with Crippen molar-refractivity contribution >= 4 is 17.0 Å². The van der Waals surface area contributed by atoms with E-state index in [-0.39, 0.29) is 11.0 Å². The molecule has 1 aromatic carbocycles. The summed E-state index contributed by atoms with van der Waals surface area (Å²) in [4.78, 5) is 13.7. The van der Waals surface area contributed by atoms with E-state index in [1.807, 2.05) is 17.0 Å². The predicted octanol–water partition coefficient (Wildman–Crippen LogP) is 1.65. The molecule has 0 unspecified atom stereocenters. The second kappa shape index (κ2) is 5.93. The molecule has 5 heteroatoms. The van der Waals surface area contributed by atoms with Crippen LogP contribution in [0.15, 0.2) is 24.3 Å². The summed E-state index contributed by atoms with van der Waals surface area (Å²) in [5.41, 5.74) is 1.05. The minimum absolute atomic E-state index is 0.138. The van der Waals surface area contributed by atoms with Gasteiger partial charge in [0.15, 0.2) is 0 Å². The van der Waals surface area contributed by atoms with Crippen molar-refractivity contribution in [2.75, 3.05) is 26.2 Å². The number of hydrogen-bond acceptors (Lipinski definition) is 4. The standard InChI is InChI=1S/C12H16N2O2S/c15-11-3-1-10(2-4-11)9-17-12(16)14-7-5-13-6-8-14/h1-4,13,15H,5-9H2. The molecule has 0 spiro atoms. The number of carbonyl (C=O) groups excluding carboxylic acids is 1. The molecule has 2 rings (SSSR count). The van der Waals surface area contributed by atoms with Crippen LogP contribution in [0.25, 0.3) is 0 Å². The number of carbonyl (C=O) groups is 1. The Hall–Kier alpha value is -1.20. The van der Waals surface area contributed by atoms with Crippen LogP contribution >= 0.6 is 11.8 Å². The largest absolute Gasteiger partial charge is 0.508 e. The van der Waals surface area contributed by atoms with Gasteiger partial charge in [0, 0.05) is 31.9 Å². The Labute approximate surface area is 105 Å². The number of benzene rings is 1. The van der Waals surface area contributed by atoms with Gasteiger partial charge in [0.05, 0.1) is 0 Å². The maximum absolute atomic E-state index is 11.9. The molecule has 2 N–H and O–H groups in total. The fourth-order valence-corrected chi connectivity index (χ4v) is 2.52. The lowest BCUT2D eigenvalue weighted by Gasteiger charge is -2.26. The summed E-state index contributed by atoms with van der Waals surface area (Å²) in [7, 11) is 0. The van der Waals surface area contributed by atoms with Crippen LogP contribution in [0.4, 0.5) is 4.79 Å². The van der Waals surface area contributed by atoms with E-state index in [0.29, 0.717) is 5.75 Å². The normalized spacial score (nSPS) is 15.9. The third kappa shape index (κ3) is 3.64. The molecule has 0 atom stereocenters. The molecule has 1 fully saturated rings. The lowest BCUT2D eigenvalue weighted by Crippen LogP contribution is -2.45. The first-order valence-electron chi connectivity index (χ1n) is 5.66. The number of piperazine rings is 1. The summed E-state index contributed by atoms with van der Waals surface area (Å²) in [6, 6.07) is 6.97. The third-order valence-electron chi connectivity index (χ3n) is 2.67. The number of hydrogen-bond donors (Lipinski definition) is 2. The maximum atomic E-state index is 11.9. The summed E-state index contributed by atoms with van der Waals surface area (Å²) >= 11 is 1.32. The number of thioether (sulfide) groups is 1. The van der Waals surface area contributed by atoms with Crippen LogP contribution in [-0.4, -0.2) is 41.4 Å². The highest BCUT2D eigenvalue weighted by Crippen LogP contribution is 2.18. The molecule has 0 aliphatic carbocycles. The van der Waals surface area contributed by atoms with E-state index >= 15 is 0 Å². The lowest BCUT2D eigenvalue weighted by molar-refractivity contribution is 0.215. The van der Waals surface area contributed by atoms with Gasteiger partial charge in [0.2, 0.25) is 0 Å². The van der Waals surface area contributed by atoms with E-state index in [9.17, 15) is 4.79 Å². The van der Waals surface area contributed by atoms with Crippen LogP contribution in [0.3, 0.4) is 0 Å². The molecule has 1 amide bonds. The highest BCUT2D eigenvalue weighted by molar-refractivity contribution is 8.12. The van der Waals surface area contributed by atoms with Gasteiger partial charge in [-0.05, 0) is 17.7 Å². The Morgan fingerprint density at radius 2 is 1.94 bits per heavy atom. The Balaban J connectivity index is 1.81. The van der Waals surface area contributed by atoms with E-state index in [4.69, 9.17) is 5.11 Å². The molecule has 17 heavy (non-hydrogen) atoms. The molecular formula is C12H16N2O2S. The summed E-state index contributed by atoms with van der Waals surface area (Å²) in [6.07, 6.45) is 0. The Kier molecular flexibility index (Phi) is 4.28. The fraction of sp³-hybridized carbons (Fsp3) is 0.417. The van der Waals surface area contributed by atoms with Crippen molar-refractivity contribution in [3.8, 4) is 5.75 Å². The van der Waals surface area contributed by atoms with Gasteiger partial charge in [0.25, 0.3) is 5.24 Å². The zero-order chi connectivity index (χ0) is 12.1. The van der Waals surface area contributed by atoms with Gasteiger partial charge in [0.1, 0.15) is 5.75 Å². The average Bonchev–Trinajstić information content (AvgIpc) is 2.39. The fourth-order valence-electron chi connectivity index (χ4n) is 1.68. The van der Waals surface area contributed by atoms with Gasteiger partial charge in [-0.1, -0.05) is 23.9 Å².